The van der Waals surface area contributed by atoms with Crippen LogP contribution >= 0.6 is 0 Å². The van der Waals surface area contributed by atoms with Crippen LogP contribution in [0.3, 0.4) is 0 Å². The van der Waals surface area contributed by atoms with Crippen LogP contribution in [0, 0.1) is 0 Å². The number of hydrogen-bond acceptors (Lipinski definition) is 2. The molecule has 0 aliphatic carbocycles. The monoisotopic (exact) mass is 529 g/mol. The van der Waals surface area contributed by atoms with Crippen LogP contribution in [0.25, 0.3) is 10.9 Å². The van der Waals surface area contributed by atoms with Gasteiger partial charge in [0.15, 0.2) is 0 Å². The number of nitrogens with zero attached hydrogens (tertiary/aromatic N) is 2. The molecule has 1 heterocycles. The van der Waals surface area contributed by atoms with Gasteiger partial charge in [0.1, 0.15) is 5.69 Å². The molecule has 0 aliphatic rings. The van der Waals surface area contributed by atoms with Gasteiger partial charge in [-0.2, -0.15) is 0 Å². The van der Waals surface area contributed by atoms with E-state index in [4.69, 9.17) is 0 Å². The molecule has 4 nitrogen and oxygen atoms in total. The van der Waals surface area contributed by atoms with Gasteiger partial charge in [-0.3, -0.25) is 4.79 Å². The van der Waals surface area contributed by atoms with Gasteiger partial charge in [-0.05, 0) is 68.4 Å². The summed E-state index contributed by atoms with van der Waals surface area (Å²) in [6, 6.07) is 37.9. The Morgan fingerprint density at radius 1 is 0.800 bits per heavy atom. The number of aryl methyl sites for hydroxylation is 2. The van der Waals surface area contributed by atoms with Gasteiger partial charge in [-0.25, -0.2) is 0 Å². The quantitative estimate of drug-likeness (QED) is 0.188. The lowest BCUT2D eigenvalue weighted by Gasteiger charge is -2.21. The third-order valence-corrected chi connectivity index (χ3v) is 7.52. The first-order valence-electron chi connectivity index (χ1n) is 14.3. The molecule has 1 aromatic heterocycles. The minimum absolute atomic E-state index is 0.0730. The fourth-order valence-corrected chi connectivity index (χ4v) is 5.70. The second-order valence-electron chi connectivity index (χ2n) is 10.7. The number of fused-ring (bicyclic) bond motifs is 1. The molecule has 0 saturated heterocycles. The smallest absolute Gasteiger partial charge is 0.272 e. The van der Waals surface area contributed by atoms with Crippen LogP contribution in [0.1, 0.15) is 58.4 Å². The highest BCUT2D eigenvalue weighted by molar-refractivity contribution is 6.09. The lowest BCUT2D eigenvalue weighted by molar-refractivity contribution is 0.101. The summed E-state index contributed by atoms with van der Waals surface area (Å²) >= 11 is 0. The normalized spacial score (nSPS) is 11.4. The second-order valence-corrected chi connectivity index (χ2v) is 10.7. The van der Waals surface area contributed by atoms with Crippen LogP contribution in [-0.4, -0.2) is 36.0 Å². The molecular weight excluding hydrogens is 490 g/mol. The number of rotatable bonds is 11. The number of nitrogens with one attached hydrogen (secondary N) is 1. The van der Waals surface area contributed by atoms with Gasteiger partial charge in [-0.15, -0.1) is 0 Å². The second kappa shape index (κ2) is 12.8. The van der Waals surface area contributed by atoms with Crippen LogP contribution in [0.5, 0.6) is 0 Å². The highest BCUT2D eigenvalue weighted by Gasteiger charge is 2.30. The van der Waals surface area contributed by atoms with Crippen LogP contribution in [0.15, 0.2) is 109 Å². The predicted molar refractivity (Wildman–Crippen MR) is 167 cm³/mol. The van der Waals surface area contributed by atoms with Crippen molar-refractivity contribution in [2.75, 3.05) is 26.0 Å². The molecule has 0 fully saturated rings. The average molecular weight is 530 g/mol. The summed E-state index contributed by atoms with van der Waals surface area (Å²) in [4.78, 5) is 16.6. The molecule has 5 rings (SSSR count). The van der Waals surface area contributed by atoms with Crippen molar-refractivity contribution < 1.29 is 4.79 Å². The van der Waals surface area contributed by atoms with E-state index in [-0.39, 0.29) is 11.8 Å². The fraction of sp³-hybridized carbons (Fsp3) is 0.250. The van der Waals surface area contributed by atoms with Crippen LogP contribution in [-0.2, 0) is 13.0 Å². The molecule has 1 amide bonds. The maximum atomic E-state index is 14.4. The molecule has 0 unspecified atom stereocenters. The number of carbonyl (C=O) groups is 1. The Kier molecular flexibility index (Phi) is 8.78. The molecule has 0 aliphatic heterocycles. The van der Waals surface area contributed by atoms with Crippen molar-refractivity contribution >= 4 is 22.5 Å². The summed E-state index contributed by atoms with van der Waals surface area (Å²) < 4.78 is 2.24. The van der Waals surface area contributed by atoms with Crippen molar-refractivity contribution in [1.82, 2.24) is 9.47 Å². The number of anilines is 1. The molecule has 0 saturated carbocycles. The van der Waals surface area contributed by atoms with Crippen molar-refractivity contribution in [2.24, 2.45) is 0 Å². The Morgan fingerprint density at radius 2 is 1.40 bits per heavy atom. The molecule has 4 aromatic carbocycles. The van der Waals surface area contributed by atoms with Crippen LogP contribution < -0.4 is 5.32 Å². The third-order valence-electron chi connectivity index (χ3n) is 7.52. The lowest BCUT2D eigenvalue weighted by Crippen LogP contribution is -2.22. The van der Waals surface area contributed by atoms with E-state index in [9.17, 15) is 4.79 Å². The third kappa shape index (κ3) is 6.03. The van der Waals surface area contributed by atoms with Gasteiger partial charge in [0.05, 0.1) is 0 Å². The minimum Gasteiger partial charge on any atom is -0.336 e. The minimum atomic E-state index is -0.0879. The van der Waals surface area contributed by atoms with Gasteiger partial charge < -0.3 is 14.8 Å². The molecule has 0 radical (unpaired) electrons. The average Bonchev–Trinajstić information content (AvgIpc) is 3.29. The van der Waals surface area contributed by atoms with Gasteiger partial charge in [-0.1, -0.05) is 104 Å². The van der Waals surface area contributed by atoms with Crippen molar-refractivity contribution in [3.63, 3.8) is 0 Å². The van der Waals surface area contributed by atoms with Gasteiger partial charge >= 0.3 is 0 Å². The SMILES string of the molecule is CCCc1ccc(NC(=O)c2c(C(c3ccccc3)c3ccccc3)c3ccccc3n2CCCN(C)C)cc1. The fourth-order valence-electron chi connectivity index (χ4n) is 5.70. The zero-order valence-corrected chi connectivity index (χ0v) is 23.8. The van der Waals surface area contributed by atoms with E-state index in [1.165, 1.54) is 16.7 Å². The van der Waals surface area contributed by atoms with Crippen LogP contribution in [0.4, 0.5) is 5.69 Å². The Balaban J connectivity index is 1.69. The van der Waals surface area contributed by atoms with Crippen LogP contribution in [0.2, 0.25) is 0 Å². The molecule has 5 aromatic rings. The van der Waals surface area contributed by atoms with E-state index < -0.39 is 0 Å². The maximum Gasteiger partial charge on any atom is 0.272 e. The molecule has 4 heteroatoms. The lowest BCUT2D eigenvalue weighted by atomic mass is 9.83. The van der Waals surface area contributed by atoms with E-state index in [2.05, 4.69) is 121 Å². The molecule has 204 valence electrons. The van der Waals surface area contributed by atoms with E-state index >= 15 is 0 Å². The number of carbonyl (C=O) groups excluding carboxylic acids is 1. The summed E-state index contributed by atoms with van der Waals surface area (Å²) in [6.07, 6.45) is 3.08. The maximum absolute atomic E-state index is 14.4. The number of aromatic nitrogens is 1. The zero-order chi connectivity index (χ0) is 27.9. The molecule has 0 bridgehead atoms. The summed E-state index contributed by atoms with van der Waals surface area (Å²) in [5.74, 6) is -0.161. The number of benzene rings is 4. The van der Waals surface area contributed by atoms with Crippen molar-refractivity contribution in [2.45, 2.75) is 38.6 Å². The molecule has 0 spiro atoms. The van der Waals surface area contributed by atoms with Gasteiger partial charge in [0.25, 0.3) is 5.91 Å². The Morgan fingerprint density at radius 3 is 2.00 bits per heavy atom. The van der Waals surface area contributed by atoms with Gasteiger partial charge in [0.2, 0.25) is 0 Å². The van der Waals surface area contributed by atoms with Crippen molar-refractivity contribution in [3.8, 4) is 0 Å². The first-order chi connectivity index (χ1) is 19.6. The Labute approximate surface area is 238 Å². The van der Waals surface area contributed by atoms with Gasteiger partial charge in [0, 0.05) is 34.6 Å². The summed E-state index contributed by atoms with van der Waals surface area (Å²) in [6.45, 7) is 3.89. The van der Waals surface area contributed by atoms with E-state index in [0.29, 0.717) is 0 Å². The van der Waals surface area contributed by atoms with Crippen molar-refractivity contribution in [1.29, 1.82) is 0 Å². The summed E-state index contributed by atoms with van der Waals surface area (Å²) in [5, 5.41) is 4.38. The molecule has 1 N–H and O–H groups in total. The highest BCUT2D eigenvalue weighted by Crippen LogP contribution is 2.40. The topological polar surface area (TPSA) is 37.3 Å². The van der Waals surface area contributed by atoms with E-state index in [0.717, 1.165) is 60.2 Å². The van der Waals surface area contributed by atoms with E-state index in [1.54, 1.807) is 0 Å². The number of amides is 1. The predicted octanol–water partition coefficient (Wildman–Crippen LogP) is 7.98. The molecular formula is C36H39N3O. The Hall–Kier alpha value is -4.15. The first kappa shape index (κ1) is 27.4. The molecule has 0 atom stereocenters. The summed E-state index contributed by atoms with van der Waals surface area (Å²) in [5.41, 5.74) is 7.32. The largest absolute Gasteiger partial charge is 0.336 e. The van der Waals surface area contributed by atoms with Crippen molar-refractivity contribution in [3.05, 3.63) is 137 Å². The Bertz CT molecular complexity index is 1500. The summed E-state index contributed by atoms with van der Waals surface area (Å²) in [7, 11) is 4.19. The molecule has 40 heavy (non-hydrogen) atoms. The standard InChI is InChI=1S/C36H39N3O/c1-4-14-27-21-23-30(24-22-27)37-36(40)35-34(31-19-11-12-20-32(31)39(35)26-13-25-38(2)3)33(28-15-7-5-8-16-28)29-17-9-6-10-18-29/h5-12,15-24,33H,4,13-14,25-26H2,1-3H3,(H,37,40). The first-order valence-corrected chi connectivity index (χ1v) is 14.3. The highest BCUT2D eigenvalue weighted by atomic mass is 16.2. The zero-order valence-electron chi connectivity index (χ0n) is 23.8. The number of hydrogen-bond donors (Lipinski definition) is 1. The van der Waals surface area contributed by atoms with E-state index in [1.807, 2.05) is 24.3 Å². The number of para-hydroxylation sites is 1.